The SMILES string of the molecule is C[C@H](C(=O)O)n1cnc2sc3c(c2c1=O)CC[C@@H](C(C)(C)C)C3. The van der Waals surface area contributed by atoms with Gasteiger partial charge in [-0.05, 0) is 43.1 Å². The average Bonchev–Trinajstić information content (AvgIpc) is 2.84. The fourth-order valence-electron chi connectivity index (χ4n) is 3.31. The van der Waals surface area contributed by atoms with Crippen LogP contribution in [0.25, 0.3) is 10.2 Å². The Bertz CT molecular complexity index is 829. The number of hydrogen-bond donors (Lipinski definition) is 1. The van der Waals surface area contributed by atoms with E-state index in [1.165, 1.54) is 22.7 Å². The predicted molar refractivity (Wildman–Crippen MR) is 91.2 cm³/mol. The molecule has 0 aliphatic heterocycles. The second-order valence-electron chi connectivity index (χ2n) is 7.46. The van der Waals surface area contributed by atoms with Gasteiger partial charge in [-0.15, -0.1) is 11.3 Å². The van der Waals surface area contributed by atoms with Gasteiger partial charge in [0.15, 0.2) is 0 Å². The van der Waals surface area contributed by atoms with E-state index >= 15 is 0 Å². The minimum absolute atomic E-state index is 0.225. The molecule has 0 radical (unpaired) electrons. The molecule has 2 atom stereocenters. The van der Waals surface area contributed by atoms with Crippen molar-refractivity contribution in [2.24, 2.45) is 11.3 Å². The Morgan fingerprint density at radius 1 is 1.48 bits per heavy atom. The van der Waals surface area contributed by atoms with Gasteiger partial charge in [-0.25, -0.2) is 9.78 Å². The van der Waals surface area contributed by atoms with Gasteiger partial charge in [-0.1, -0.05) is 20.8 Å². The van der Waals surface area contributed by atoms with E-state index < -0.39 is 12.0 Å². The Labute approximate surface area is 139 Å². The number of nitrogens with zero attached hydrogens (tertiary/aromatic N) is 2. The molecule has 3 rings (SSSR count). The zero-order valence-corrected chi connectivity index (χ0v) is 14.7. The number of aromatic nitrogens is 2. The summed E-state index contributed by atoms with van der Waals surface area (Å²) >= 11 is 1.59. The molecule has 1 N–H and O–H groups in total. The Morgan fingerprint density at radius 3 is 2.78 bits per heavy atom. The van der Waals surface area contributed by atoms with Gasteiger partial charge in [0.25, 0.3) is 5.56 Å². The van der Waals surface area contributed by atoms with Crippen LogP contribution in [0.4, 0.5) is 0 Å². The number of carboxylic acids is 1. The summed E-state index contributed by atoms with van der Waals surface area (Å²) in [5, 5.41) is 9.79. The summed E-state index contributed by atoms with van der Waals surface area (Å²) in [5.41, 5.74) is 1.12. The van der Waals surface area contributed by atoms with Crippen LogP contribution in [-0.4, -0.2) is 20.6 Å². The van der Waals surface area contributed by atoms with Crippen LogP contribution in [0.2, 0.25) is 0 Å². The number of aliphatic carboxylic acids is 1. The van der Waals surface area contributed by atoms with Crippen molar-refractivity contribution in [3.05, 3.63) is 27.1 Å². The van der Waals surface area contributed by atoms with E-state index in [2.05, 4.69) is 25.8 Å². The van der Waals surface area contributed by atoms with Crippen molar-refractivity contribution in [3.8, 4) is 0 Å². The van der Waals surface area contributed by atoms with Gasteiger partial charge in [0.1, 0.15) is 10.9 Å². The van der Waals surface area contributed by atoms with Crippen LogP contribution in [0.15, 0.2) is 11.1 Å². The lowest BCUT2D eigenvalue weighted by atomic mass is 9.72. The standard InChI is InChI=1S/C17H22N2O3S/c1-9(16(21)22)19-8-18-14-13(15(19)20)11-6-5-10(17(2,3)4)7-12(11)23-14/h8-10H,5-7H2,1-4H3,(H,21,22)/t9-,10-/m1/s1. The van der Waals surface area contributed by atoms with Crippen LogP contribution in [0, 0.1) is 11.3 Å². The lowest BCUT2D eigenvalue weighted by Crippen LogP contribution is -2.29. The van der Waals surface area contributed by atoms with Crippen molar-refractivity contribution >= 4 is 27.5 Å². The highest BCUT2D eigenvalue weighted by atomic mass is 32.1. The van der Waals surface area contributed by atoms with Gasteiger partial charge in [0.2, 0.25) is 0 Å². The summed E-state index contributed by atoms with van der Waals surface area (Å²) in [6.45, 7) is 8.28. The number of fused-ring (bicyclic) bond motifs is 3. The third-order valence-electron chi connectivity index (χ3n) is 4.99. The fraction of sp³-hybridized carbons (Fsp3) is 0.588. The molecule has 0 bridgehead atoms. The maximum atomic E-state index is 12.8. The first-order valence-electron chi connectivity index (χ1n) is 7.94. The van der Waals surface area contributed by atoms with Crippen LogP contribution in [0.5, 0.6) is 0 Å². The van der Waals surface area contributed by atoms with Crippen molar-refractivity contribution in [1.82, 2.24) is 9.55 Å². The molecule has 1 aliphatic rings. The van der Waals surface area contributed by atoms with E-state index in [1.54, 1.807) is 11.3 Å². The largest absolute Gasteiger partial charge is 0.480 e. The molecule has 2 heterocycles. The van der Waals surface area contributed by atoms with Crippen molar-refractivity contribution in [2.45, 2.75) is 53.0 Å². The van der Waals surface area contributed by atoms with E-state index in [0.29, 0.717) is 11.3 Å². The van der Waals surface area contributed by atoms with Gasteiger partial charge < -0.3 is 5.11 Å². The first-order valence-corrected chi connectivity index (χ1v) is 8.76. The molecule has 0 aromatic carbocycles. The third-order valence-corrected chi connectivity index (χ3v) is 6.16. The van der Waals surface area contributed by atoms with Gasteiger partial charge in [-0.3, -0.25) is 9.36 Å². The van der Waals surface area contributed by atoms with Gasteiger partial charge in [-0.2, -0.15) is 0 Å². The summed E-state index contributed by atoms with van der Waals surface area (Å²) in [4.78, 5) is 30.3. The topological polar surface area (TPSA) is 72.2 Å². The van der Waals surface area contributed by atoms with Crippen molar-refractivity contribution < 1.29 is 9.90 Å². The molecular weight excluding hydrogens is 312 g/mol. The summed E-state index contributed by atoms with van der Waals surface area (Å²) in [6.07, 6.45) is 4.28. The highest BCUT2D eigenvalue weighted by Crippen LogP contribution is 2.41. The molecule has 0 saturated heterocycles. The molecular formula is C17H22N2O3S. The van der Waals surface area contributed by atoms with E-state index in [4.69, 9.17) is 5.11 Å². The lowest BCUT2D eigenvalue weighted by molar-refractivity contribution is -0.140. The Kier molecular flexibility index (Phi) is 3.83. The molecule has 0 spiro atoms. The molecule has 0 fully saturated rings. The molecule has 5 nitrogen and oxygen atoms in total. The number of carbonyl (C=O) groups is 1. The maximum Gasteiger partial charge on any atom is 0.326 e. The number of hydrogen-bond acceptors (Lipinski definition) is 4. The van der Waals surface area contributed by atoms with Gasteiger partial charge in [0, 0.05) is 4.88 Å². The van der Waals surface area contributed by atoms with Crippen LogP contribution < -0.4 is 5.56 Å². The average molecular weight is 334 g/mol. The number of rotatable bonds is 2. The summed E-state index contributed by atoms with van der Waals surface area (Å²) in [6, 6.07) is -0.902. The number of carboxylic acid groups (broad SMARTS) is 1. The normalized spacial score (nSPS) is 19.6. The molecule has 0 unspecified atom stereocenters. The third kappa shape index (κ3) is 2.69. The first-order chi connectivity index (χ1) is 10.7. The molecule has 0 saturated carbocycles. The Morgan fingerprint density at radius 2 is 2.17 bits per heavy atom. The van der Waals surface area contributed by atoms with Crippen LogP contribution in [0.3, 0.4) is 0 Å². The van der Waals surface area contributed by atoms with Crippen molar-refractivity contribution in [3.63, 3.8) is 0 Å². The van der Waals surface area contributed by atoms with Gasteiger partial charge >= 0.3 is 5.97 Å². The van der Waals surface area contributed by atoms with Crippen LogP contribution in [0.1, 0.15) is 50.6 Å². The molecule has 2 aromatic heterocycles. The van der Waals surface area contributed by atoms with E-state index in [9.17, 15) is 9.59 Å². The fourth-order valence-corrected chi connectivity index (χ4v) is 4.57. The Balaban J connectivity index is 2.11. The summed E-state index contributed by atoms with van der Waals surface area (Å²) in [5.74, 6) is -0.423. The summed E-state index contributed by atoms with van der Waals surface area (Å²) in [7, 11) is 0. The van der Waals surface area contributed by atoms with E-state index in [0.717, 1.165) is 29.7 Å². The second-order valence-corrected chi connectivity index (χ2v) is 8.54. The highest BCUT2D eigenvalue weighted by molar-refractivity contribution is 7.18. The quantitative estimate of drug-likeness (QED) is 0.915. The first kappa shape index (κ1) is 16.2. The number of aryl methyl sites for hydroxylation is 1. The molecule has 2 aromatic rings. The lowest BCUT2D eigenvalue weighted by Gasteiger charge is -2.33. The smallest absolute Gasteiger partial charge is 0.326 e. The zero-order valence-electron chi connectivity index (χ0n) is 13.9. The van der Waals surface area contributed by atoms with Gasteiger partial charge in [0.05, 0.1) is 11.7 Å². The molecule has 1 aliphatic carbocycles. The van der Waals surface area contributed by atoms with E-state index in [1.807, 2.05) is 0 Å². The predicted octanol–water partition coefficient (Wildman–Crippen LogP) is 3.25. The minimum Gasteiger partial charge on any atom is -0.480 e. The minimum atomic E-state index is -1.02. The molecule has 23 heavy (non-hydrogen) atoms. The van der Waals surface area contributed by atoms with Crippen LogP contribution >= 0.6 is 11.3 Å². The van der Waals surface area contributed by atoms with Crippen molar-refractivity contribution in [2.75, 3.05) is 0 Å². The molecule has 0 amide bonds. The zero-order chi connectivity index (χ0) is 16.9. The highest BCUT2D eigenvalue weighted by Gasteiger charge is 2.32. The second kappa shape index (κ2) is 5.44. The molecule has 124 valence electrons. The molecule has 6 heteroatoms. The monoisotopic (exact) mass is 334 g/mol. The Hall–Kier alpha value is -1.69. The summed E-state index contributed by atoms with van der Waals surface area (Å²) < 4.78 is 1.23. The maximum absolute atomic E-state index is 12.8. The van der Waals surface area contributed by atoms with Crippen LogP contribution in [-0.2, 0) is 17.6 Å². The number of thiophene rings is 1. The van der Waals surface area contributed by atoms with Crippen molar-refractivity contribution in [1.29, 1.82) is 0 Å². The van der Waals surface area contributed by atoms with E-state index in [-0.39, 0.29) is 11.0 Å².